The summed E-state index contributed by atoms with van der Waals surface area (Å²) in [5.74, 6) is 1.12. The van der Waals surface area contributed by atoms with Gasteiger partial charge in [0, 0.05) is 17.1 Å². The first-order valence-corrected chi connectivity index (χ1v) is 8.61. The summed E-state index contributed by atoms with van der Waals surface area (Å²) in [4.78, 5) is 13.2. The summed E-state index contributed by atoms with van der Waals surface area (Å²) < 4.78 is 5.38. The maximum atomic E-state index is 5.99. The topological polar surface area (TPSA) is 85.4 Å². The zero-order valence-corrected chi connectivity index (χ0v) is 14.9. The number of pyridine rings is 1. The van der Waals surface area contributed by atoms with E-state index < -0.39 is 0 Å². The van der Waals surface area contributed by atoms with Crippen LogP contribution in [0.2, 0.25) is 0 Å². The molecule has 2 heterocycles. The van der Waals surface area contributed by atoms with Gasteiger partial charge in [0.25, 0.3) is 0 Å². The van der Waals surface area contributed by atoms with Crippen LogP contribution in [0.25, 0.3) is 11.4 Å². The highest BCUT2D eigenvalue weighted by molar-refractivity contribution is 7.14. The Labute approximate surface area is 150 Å². The summed E-state index contributed by atoms with van der Waals surface area (Å²) in [6, 6.07) is 11.6. The summed E-state index contributed by atoms with van der Waals surface area (Å²) in [5, 5.41) is 5.64. The molecule has 0 aliphatic carbocycles. The first-order valence-electron chi connectivity index (χ1n) is 7.73. The van der Waals surface area contributed by atoms with Gasteiger partial charge >= 0.3 is 0 Å². The Morgan fingerprint density at radius 2 is 2.12 bits per heavy atom. The van der Waals surface area contributed by atoms with Gasteiger partial charge in [0.2, 0.25) is 0 Å². The van der Waals surface area contributed by atoms with Crippen LogP contribution in [0.4, 0.5) is 5.13 Å². The number of methoxy groups -OCH3 is 1. The number of hydrogen-bond donors (Lipinski definition) is 2. The molecule has 0 spiro atoms. The van der Waals surface area contributed by atoms with E-state index in [1.165, 1.54) is 11.3 Å². The molecule has 3 aromatic rings. The fourth-order valence-corrected chi connectivity index (χ4v) is 3.06. The van der Waals surface area contributed by atoms with Gasteiger partial charge in [-0.05, 0) is 30.7 Å². The highest BCUT2D eigenvalue weighted by atomic mass is 32.1. The molecule has 0 atom stereocenters. The molecule has 1 aromatic carbocycles. The van der Waals surface area contributed by atoms with Crippen LogP contribution in [0, 0.1) is 6.92 Å². The number of thiazole rings is 1. The molecule has 0 unspecified atom stereocenters. The number of nitrogens with one attached hydrogen (secondary N) is 1. The van der Waals surface area contributed by atoms with Gasteiger partial charge in [-0.3, -0.25) is 4.98 Å². The smallest absolute Gasteiger partial charge is 0.195 e. The van der Waals surface area contributed by atoms with Crippen molar-refractivity contribution in [1.82, 2.24) is 9.97 Å². The lowest BCUT2D eigenvalue weighted by Gasteiger charge is -2.09. The van der Waals surface area contributed by atoms with E-state index in [-0.39, 0.29) is 0 Å². The van der Waals surface area contributed by atoms with E-state index in [2.05, 4.69) is 20.3 Å². The van der Waals surface area contributed by atoms with E-state index in [9.17, 15) is 0 Å². The second kappa shape index (κ2) is 7.76. The van der Waals surface area contributed by atoms with Crippen molar-refractivity contribution < 1.29 is 4.74 Å². The molecule has 2 aromatic heterocycles. The molecule has 0 aliphatic heterocycles. The summed E-state index contributed by atoms with van der Waals surface area (Å²) >= 11 is 1.46. The van der Waals surface area contributed by atoms with E-state index in [1.807, 2.05) is 48.7 Å². The zero-order valence-electron chi connectivity index (χ0n) is 14.1. The molecule has 0 saturated heterocycles. The van der Waals surface area contributed by atoms with Gasteiger partial charge in [-0.25, -0.2) is 9.98 Å². The number of aliphatic imine (C=N–C) groups is 1. The van der Waals surface area contributed by atoms with Gasteiger partial charge in [-0.15, -0.1) is 11.3 Å². The predicted octanol–water partition coefficient (Wildman–Crippen LogP) is 3.45. The maximum Gasteiger partial charge on any atom is 0.195 e. The maximum absolute atomic E-state index is 5.99. The minimum atomic E-state index is 0.312. The number of guanidine groups is 1. The SMILES string of the molecule is COc1cccc(C)c1CN=C(N)Nc1nc(-c2ccccn2)cs1. The number of rotatable bonds is 5. The van der Waals surface area contributed by atoms with Crippen molar-refractivity contribution in [2.75, 3.05) is 12.4 Å². The molecular weight excluding hydrogens is 334 g/mol. The Balaban J connectivity index is 1.70. The van der Waals surface area contributed by atoms with Crippen molar-refractivity contribution in [3.05, 3.63) is 59.1 Å². The lowest BCUT2D eigenvalue weighted by molar-refractivity contribution is 0.409. The molecule has 0 bridgehead atoms. The van der Waals surface area contributed by atoms with Crippen LogP contribution in [0.1, 0.15) is 11.1 Å². The van der Waals surface area contributed by atoms with Crippen LogP contribution in [-0.4, -0.2) is 23.0 Å². The molecule has 0 fully saturated rings. The normalized spacial score (nSPS) is 11.4. The number of ether oxygens (including phenoxy) is 1. The minimum absolute atomic E-state index is 0.312. The molecule has 0 amide bonds. The van der Waals surface area contributed by atoms with Crippen molar-refractivity contribution in [2.24, 2.45) is 10.7 Å². The molecule has 6 nitrogen and oxygen atoms in total. The number of nitrogens with two attached hydrogens (primary N) is 1. The first kappa shape index (κ1) is 16.9. The average Bonchev–Trinajstić information content (AvgIpc) is 3.09. The lowest BCUT2D eigenvalue weighted by Crippen LogP contribution is -2.22. The van der Waals surface area contributed by atoms with Crippen LogP contribution in [-0.2, 0) is 6.54 Å². The second-order valence-corrected chi connectivity index (χ2v) is 6.19. The van der Waals surface area contributed by atoms with Crippen LogP contribution in [0.3, 0.4) is 0 Å². The number of anilines is 1. The third-order valence-corrected chi connectivity index (χ3v) is 4.42. The van der Waals surface area contributed by atoms with Crippen LogP contribution in [0.15, 0.2) is 53.0 Å². The van der Waals surface area contributed by atoms with E-state index in [0.717, 1.165) is 28.3 Å². The van der Waals surface area contributed by atoms with Gasteiger partial charge in [0.15, 0.2) is 11.1 Å². The summed E-state index contributed by atoms with van der Waals surface area (Å²) in [7, 11) is 1.65. The molecule has 3 N–H and O–H groups in total. The molecular formula is C18H19N5OS. The Morgan fingerprint density at radius 1 is 1.24 bits per heavy atom. The predicted molar refractivity (Wildman–Crippen MR) is 102 cm³/mol. The second-order valence-electron chi connectivity index (χ2n) is 5.34. The molecule has 128 valence electrons. The quantitative estimate of drug-likeness (QED) is 0.542. The number of aryl methyl sites for hydroxylation is 1. The zero-order chi connectivity index (χ0) is 17.6. The van der Waals surface area contributed by atoms with Gasteiger partial charge in [0.1, 0.15) is 11.4 Å². The Morgan fingerprint density at radius 3 is 2.88 bits per heavy atom. The van der Waals surface area contributed by atoms with E-state index >= 15 is 0 Å². The molecule has 3 rings (SSSR count). The number of aromatic nitrogens is 2. The summed E-state index contributed by atoms with van der Waals surface area (Å²) in [6.07, 6.45) is 1.74. The number of nitrogens with zero attached hydrogens (tertiary/aromatic N) is 3. The summed E-state index contributed by atoms with van der Waals surface area (Å²) in [5.41, 5.74) is 9.76. The number of hydrogen-bond acceptors (Lipinski definition) is 5. The third-order valence-electron chi connectivity index (χ3n) is 3.66. The van der Waals surface area contributed by atoms with Crippen molar-refractivity contribution in [1.29, 1.82) is 0 Å². The third kappa shape index (κ3) is 4.13. The van der Waals surface area contributed by atoms with Crippen molar-refractivity contribution in [3.8, 4) is 17.1 Å². The highest BCUT2D eigenvalue weighted by Gasteiger charge is 2.08. The van der Waals surface area contributed by atoms with Crippen LogP contribution < -0.4 is 15.8 Å². The lowest BCUT2D eigenvalue weighted by atomic mass is 10.1. The van der Waals surface area contributed by atoms with Gasteiger partial charge in [-0.2, -0.15) is 0 Å². The first-order chi connectivity index (χ1) is 12.2. The van der Waals surface area contributed by atoms with Crippen LogP contribution in [0.5, 0.6) is 5.75 Å². The molecule has 25 heavy (non-hydrogen) atoms. The van der Waals surface area contributed by atoms with E-state index in [4.69, 9.17) is 10.5 Å². The molecule has 7 heteroatoms. The Bertz CT molecular complexity index is 876. The largest absolute Gasteiger partial charge is 0.496 e. The van der Waals surface area contributed by atoms with E-state index in [0.29, 0.717) is 17.6 Å². The van der Waals surface area contributed by atoms with E-state index in [1.54, 1.807) is 13.3 Å². The molecule has 0 aliphatic rings. The standard InChI is InChI=1S/C18H19N5OS/c1-12-6-5-8-16(24-2)13(12)10-21-17(19)23-18-22-15(11-25-18)14-7-3-4-9-20-14/h3-9,11H,10H2,1-2H3,(H3,19,21,22,23). The van der Waals surface area contributed by atoms with Crippen molar-refractivity contribution >= 4 is 22.4 Å². The van der Waals surface area contributed by atoms with Gasteiger partial charge in [-0.1, -0.05) is 18.2 Å². The highest BCUT2D eigenvalue weighted by Crippen LogP contribution is 2.24. The fourth-order valence-electron chi connectivity index (χ4n) is 2.35. The van der Waals surface area contributed by atoms with Crippen molar-refractivity contribution in [2.45, 2.75) is 13.5 Å². The monoisotopic (exact) mass is 353 g/mol. The fraction of sp³-hybridized carbons (Fsp3) is 0.167. The van der Waals surface area contributed by atoms with Crippen molar-refractivity contribution in [3.63, 3.8) is 0 Å². The van der Waals surface area contributed by atoms with Gasteiger partial charge < -0.3 is 15.8 Å². The van der Waals surface area contributed by atoms with Gasteiger partial charge in [0.05, 0.1) is 19.3 Å². The Hall–Kier alpha value is -2.93. The molecule has 0 radical (unpaired) electrons. The average molecular weight is 353 g/mol. The molecule has 0 saturated carbocycles. The Kier molecular flexibility index (Phi) is 5.25. The number of benzene rings is 1. The van der Waals surface area contributed by atoms with Crippen LogP contribution >= 0.6 is 11.3 Å². The minimum Gasteiger partial charge on any atom is -0.496 e. The summed E-state index contributed by atoms with van der Waals surface area (Å²) in [6.45, 7) is 2.46.